The molecule has 2 N–H and O–H groups in total. The van der Waals surface area contributed by atoms with E-state index in [1.165, 1.54) is 95.8 Å². The maximum absolute atomic E-state index is 13.2. The van der Waals surface area contributed by atoms with Gasteiger partial charge in [0.05, 0.1) is 12.8 Å². The second-order valence-corrected chi connectivity index (χ2v) is 20.4. The lowest BCUT2D eigenvalue weighted by Gasteiger charge is -2.73. The summed E-state index contributed by atoms with van der Waals surface area (Å²) in [5.41, 5.74) is 1.80. The molecule has 49 heavy (non-hydrogen) atoms. The summed E-state index contributed by atoms with van der Waals surface area (Å²) >= 11 is 0. The van der Waals surface area contributed by atoms with E-state index in [0.717, 1.165) is 25.3 Å². The van der Waals surface area contributed by atoms with Gasteiger partial charge in [0.25, 0.3) is 0 Å². The Labute approximate surface area is 299 Å². The Morgan fingerprint density at radius 2 is 1.59 bits per heavy atom. The van der Waals surface area contributed by atoms with Gasteiger partial charge in [0.15, 0.2) is 0 Å². The van der Waals surface area contributed by atoms with Crippen LogP contribution in [-0.2, 0) is 14.3 Å². The zero-order valence-corrected chi connectivity index (χ0v) is 32.7. The van der Waals surface area contributed by atoms with Crippen LogP contribution in [-0.4, -0.2) is 59.8 Å². The number of hydrogen-bond acceptors (Lipinski definition) is 5. The van der Waals surface area contributed by atoms with E-state index in [4.69, 9.17) is 4.74 Å². The molecule has 0 aromatic carbocycles. The Hall–Kier alpha value is -1.40. The van der Waals surface area contributed by atoms with E-state index in [0.29, 0.717) is 34.5 Å². The van der Waals surface area contributed by atoms with E-state index >= 15 is 0 Å². The second kappa shape index (κ2) is 13.2. The van der Waals surface area contributed by atoms with E-state index in [2.05, 4.69) is 58.3 Å². The first-order chi connectivity index (χ1) is 22.9. The van der Waals surface area contributed by atoms with Crippen molar-refractivity contribution in [1.29, 1.82) is 0 Å². The molecule has 0 bridgehead atoms. The van der Waals surface area contributed by atoms with Crippen LogP contribution in [0, 0.1) is 56.7 Å². The lowest BCUT2D eigenvalue weighted by Crippen LogP contribution is -2.68. The lowest BCUT2D eigenvalue weighted by molar-refractivity contribution is -0.246. The van der Waals surface area contributed by atoms with E-state index in [1.54, 1.807) is 0 Å². The van der Waals surface area contributed by atoms with Crippen molar-refractivity contribution in [3.8, 4) is 0 Å². The summed E-state index contributed by atoms with van der Waals surface area (Å²) in [6, 6.07) is 0. The van der Waals surface area contributed by atoms with Crippen molar-refractivity contribution in [2.24, 2.45) is 56.7 Å². The predicted octanol–water partition coefficient (Wildman–Crippen LogP) is 9.27. The normalized spacial score (nSPS) is 43.2. The first-order valence-corrected chi connectivity index (χ1v) is 20.4. The van der Waals surface area contributed by atoms with Crippen molar-refractivity contribution in [2.75, 3.05) is 26.2 Å². The van der Waals surface area contributed by atoms with Gasteiger partial charge in [-0.25, -0.2) is 0 Å². The van der Waals surface area contributed by atoms with Crippen molar-refractivity contribution in [1.82, 2.24) is 10.2 Å². The van der Waals surface area contributed by atoms with E-state index in [1.807, 2.05) is 13.8 Å². The summed E-state index contributed by atoms with van der Waals surface area (Å²) in [5, 5.41) is 13.7. The molecule has 6 nitrogen and oxygen atoms in total. The van der Waals surface area contributed by atoms with Crippen molar-refractivity contribution in [3.05, 3.63) is 12.2 Å². The highest BCUT2D eigenvalue weighted by Gasteiger charge is 2.71. The molecule has 1 heterocycles. The Morgan fingerprint density at radius 3 is 2.27 bits per heavy atom. The summed E-state index contributed by atoms with van der Waals surface area (Å²) in [7, 11) is 0. The number of ether oxygens (including phenoxy) is 1. The summed E-state index contributed by atoms with van der Waals surface area (Å²) in [6.45, 7) is 28.4. The fourth-order valence-electron chi connectivity index (χ4n) is 14.3. The van der Waals surface area contributed by atoms with Crippen molar-refractivity contribution in [2.45, 2.75) is 163 Å². The number of fused-ring (bicyclic) bond motifs is 7. The van der Waals surface area contributed by atoms with Gasteiger partial charge in [-0.1, -0.05) is 60.6 Å². The number of carboxylic acids is 1. The Bertz CT molecular complexity index is 1270. The third-order valence-electron chi connectivity index (χ3n) is 16.9. The number of carbonyl (C=O) groups excluding carboxylic acids is 1. The molecule has 1 saturated heterocycles. The smallest absolute Gasteiger partial charge is 0.306 e. The Balaban J connectivity index is 1.19. The van der Waals surface area contributed by atoms with Crippen LogP contribution in [0.2, 0.25) is 0 Å². The topological polar surface area (TPSA) is 78.9 Å². The highest BCUT2D eigenvalue weighted by molar-refractivity contribution is 5.73. The monoisotopic (exact) mass is 681 g/mol. The standard InChI is InChI=1S/C43H72N2O4/c1-29(2)30-15-20-43(44-23-12-26-45-24-10-11-25-45)22-21-41(8)31(37(30)43)13-14-33-40(7)18-17-34(39(5,6)32(40)16-19-42(33,41)9)49-36(48)28-38(3,4)27-35(46)47/h30-34,37,44H,1,10-28H2,2-9H3,(H,46,47)/t30-,31+,32-,33+,34-,37+,40-,41+,42+,43-/m0/s1. The summed E-state index contributed by atoms with van der Waals surface area (Å²) in [6.07, 6.45) is 16.4. The summed E-state index contributed by atoms with van der Waals surface area (Å²) in [4.78, 5) is 27.3. The van der Waals surface area contributed by atoms with E-state index in [9.17, 15) is 14.7 Å². The molecule has 0 aromatic heterocycles. The fourth-order valence-corrected chi connectivity index (χ4v) is 14.3. The number of likely N-dealkylation sites (tertiary alicyclic amines) is 1. The molecule has 0 unspecified atom stereocenters. The van der Waals surface area contributed by atoms with Crippen LogP contribution in [0.3, 0.4) is 0 Å². The lowest BCUT2D eigenvalue weighted by atomic mass is 9.32. The van der Waals surface area contributed by atoms with Crippen LogP contribution in [0.25, 0.3) is 0 Å². The highest BCUT2D eigenvalue weighted by Crippen LogP contribution is 2.76. The van der Waals surface area contributed by atoms with Crippen LogP contribution >= 0.6 is 0 Å². The van der Waals surface area contributed by atoms with Gasteiger partial charge in [0.2, 0.25) is 0 Å². The van der Waals surface area contributed by atoms with E-state index in [-0.39, 0.29) is 41.3 Å². The van der Waals surface area contributed by atoms with Gasteiger partial charge in [-0.05, 0) is 168 Å². The van der Waals surface area contributed by atoms with Gasteiger partial charge in [-0.3, -0.25) is 9.59 Å². The number of rotatable bonds is 11. The number of nitrogens with zero attached hydrogens (tertiary/aromatic N) is 1. The molecule has 5 saturated carbocycles. The van der Waals surface area contributed by atoms with Crippen molar-refractivity contribution >= 4 is 11.9 Å². The minimum atomic E-state index is -0.865. The molecule has 0 radical (unpaired) electrons. The van der Waals surface area contributed by atoms with Crippen LogP contribution in [0.4, 0.5) is 0 Å². The maximum Gasteiger partial charge on any atom is 0.306 e. The Kier molecular flexibility index (Phi) is 10.1. The van der Waals surface area contributed by atoms with Crippen LogP contribution in [0.15, 0.2) is 12.2 Å². The van der Waals surface area contributed by atoms with Gasteiger partial charge in [0.1, 0.15) is 6.10 Å². The number of esters is 1. The molecule has 0 spiro atoms. The Morgan fingerprint density at radius 1 is 0.878 bits per heavy atom. The number of carboxylic acid groups (broad SMARTS) is 1. The quantitative estimate of drug-likeness (QED) is 0.129. The van der Waals surface area contributed by atoms with Gasteiger partial charge in [-0.2, -0.15) is 0 Å². The largest absolute Gasteiger partial charge is 0.481 e. The molecule has 278 valence electrons. The zero-order valence-electron chi connectivity index (χ0n) is 32.7. The third-order valence-corrected chi connectivity index (χ3v) is 16.9. The molecule has 0 amide bonds. The molecule has 6 aliphatic rings. The molecule has 1 aliphatic heterocycles. The van der Waals surface area contributed by atoms with Crippen molar-refractivity contribution < 1.29 is 19.4 Å². The molecule has 6 heteroatoms. The van der Waals surface area contributed by atoms with Gasteiger partial charge in [0, 0.05) is 11.0 Å². The number of carbonyl (C=O) groups is 2. The highest BCUT2D eigenvalue weighted by atomic mass is 16.5. The van der Waals surface area contributed by atoms with Gasteiger partial charge >= 0.3 is 11.9 Å². The third kappa shape index (κ3) is 6.37. The van der Waals surface area contributed by atoms with Crippen LogP contribution in [0.1, 0.15) is 152 Å². The molecular formula is C43H72N2O4. The minimum absolute atomic E-state index is 0.0270. The number of allylic oxidation sites excluding steroid dienone is 1. The number of aliphatic carboxylic acids is 1. The second-order valence-electron chi connectivity index (χ2n) is 20.4. The van der Waals surface area contributed by atoms with Crippen molar-refractivity contribution in [3.63, 3.8) is 0 Å². The average molecular weight is 681 g/mol. The number of nitrogens with one attached hydrogen (secondary N) is 1. The fraction of sp³-hybridized carbons (Fsp3) is 0.907. The predicted molar refractivity (Wildman–Crippen MR) is 198 cm³/mol. The van der Waals surface area contributed by atoms with Gasteiger partial charge in [-0.15, -0.1) is 0 Å². The molecule has 0 aromatic rings. The first kappa shape index (κ1) is 37.4. The summed E-state index contributed by atoms with van der Waals surface area (Å²) < 4.78 is 6.30. The maximum atomic E-state index is 13.2. The van der Waals surface area contributed by atoms with Gasteiger partial charge < -0.3 is 20.1 Å². The van der Waals surface area contributed by atoms with E-state index < -0.39 is 11.4 Å². The first-order valence-electron chi connectivity index (χ1n) is 20.4. The molecular weight excluding hydrogens is 608 g/mol. The molecule has 6 fully saturated rings. The SMILES string of the molecule is C=C(C)[C@@H]1CC[C@]2(NCCCN3CCCC3)CC[C@]3(C)[C@H](CC[C@@H]4[C@@]5(C)CC[C@H](OC(=O)CC(C)(C)CC(=O)O)C(C)(C)[C@@H]5CC[C@]43C)[C@@H]12. The summed E-state index contributed by atoms with van der Waals surface area (Å²) in [5.74, 6) is 2.14. The van der Waals surface area contributed by atoms with Crippen LogP contribution in [0.5, 0.6) is 0 Å². The minimum Gasteiger partial charge on any atom is -0.481 e. The zero-order chi connectivity index (χ0) is 35.6. The average Bonchev–Trinajstić information content (AvgIpc) is 3.65. The van der Waals surface area contributed by atoms with Crippen LogP contribution < -0.4 is 5.32 Å². The number of hydrogen-bond donors (Lipinski definition) is 2. The molecule has 6 rings (SSSR count). The molecule has 10 atom stereocenters. The molecule has 5 aliphatic carbocycles.